The minimum atomic E-state index is -0.494. The van der Waals surface area contributed by atoms with Gasteiger partial charge in [0.25, 0.3) is 5.22 Å². The van der Waals surface area contributed by atoms with Crippen LogP contribution in [0.1, 0.15) is 11.1 Å². The number of aromatic nitrogens is 1. The van der Waals surface area contributed by atoms with Gasteiger partial charge < -0.3 is 9.15 Å². The molecule has 0 saturated heterocycles. The van der Waals surface area contributed by atoms with Gasteiger partial charge >= 0.3 is 5.97 Å². The molecule has 3 aromatic carbocycles. The Morgan fingerprint density at radius 3 is 2.28 bits per heavy atom. The molecule has 0 unspecified atom stereocenters. The number of para-hydroxylation sites is 2. The van der Waals surface area contributed by atoms with Crippen molar-refractivity contribution >= 4 is 39.6 Å². The first-order valence-corrected chi connectivity index (χ1v) is 9.79. The smallest absolute Gasteiger partial charge is 0.365 e. The minimum absolute atomic E-state index is 0.238. The van der Waals surface area contributed by atoms with Gasteiger partial charge in [-0.3, -0.25) is 0 Å². The summed E-state index contributed by atoms with van der Waals surface area (Å²) in [6.07, 6.45) is 0. The van der Waals surface area contributed by atoms with Gasteiger partial charge in [0, 0.05) is 5.56 Å². The Bertz CT molecular complexity index is 1230. The molecule has 1 aliphatic heterocycles. The summed E-state index contributed by atoms with van der Waals surface area (Å²) in [4.78, 5) is 22.3. The van der Waals surface area contributed by atoms with Crippen molar-refractivity contribution in [3.05, 3.63) is 102 Å². The Kier molecular flexibility index (Phi) is 4.46. The number of aliphatic imine (C=N–C) groups is 1. The second-order valence-corrected chi connectivity index (χ2v) is 7.23. The van der Waals surface area contributed by atoms with E-state index in [2.05, 4.69) is 9.98 Å². The average Bonchev–Trinajstić information content (AvgIpc) is 3.36. The van der Waals surface area contributed by atoms with Crippen LogP contribution in [0.3, 0.4) is 0 Å². The lowest BCUT2D eigenvalue weighted by atomic mass is 10.2. The highest BCUT2D eigenvalue weighted by Gasteiger charge is 2.29. The van der Waals surface area contributed by atoms with Crippen LogP contribution in [0.2, 0.25) is 0 Å². The number of hydrogen-bond donors (Lipinski definition) is 0. The maximum absolute atomic E-state index is 12.7. The number of cyclic esters (lactones) is 1. The van der Waals surface area contributed by atoms with Crippen molar-refractivity contribution < 1.29 is 13.9 Å². The van der Waals surface area contributed by atoms with Gasteiger partial charge in [0.1, 0.15) is 5.52 Å². The maximum atomic E-state index is 12.7. The van der Waals surface area contributed by atoms with E-state index in [0.29, 0.717) is 15.7 Å². The molecule has 0 spiro atoms. The van der Waals surface area contributed by atoms with Gasteiger partial charge in [-0.15, -0.1) is 0 Å². The molecule has 2 heterocycles. The van der Waals surface area contributed by atoms with Crippen molar-refractivity contribution in [2.45, 2.75) is 5.22 Å². The van der Waals surface area contributed by atoms with E-state index in [4.69, 9.17) is 9.15 Å². The SMILES string of the molecule is O=C1OC(c2ccccc2)=N/C1=C(/Sc1nc2ccccc2o1)c1ccccc1. The fraction of sp³-hybridized carbons (Fsp3) is 0. The lowest BCUT2D eigenvalue weighted by Crippen LogP contribution is -2.05. The molecule has 0 bridgehead atoms. The van der Waals surface area contributed by atoms with Crippen LogP contribution in [0.25, 0.3) is 16.0 Å². The molecule has 0 radical (unpaired) electrons. The molecule has 0 fully saturated rings. The zero-order valence-corrected chi connectivity index (χ0v) is 15.9. The van der Waals surface area contributed by atoms with Crippen molar-refractivity contribution in [3.8, 4) is 0 Å². The zero-order chi connectivity index (χ0) is 19.6. The highest BCUT2D eigenvalue weighted by atomic mass is 32.2. The van der Waals surface area contributed by atoms with Crippen LogP contribution in [0.4, 0.5) is 0 Å². The first-order chi connectivity index (χ1) is 14.3. The Balaban J connectivity index is 1.62. The molecule has 5 rings (SSSR count). The Morgan fingerprint density at radius 1 is 0.828 bits per heavy atom. The van der Waals surface area contributed by atoms with E-state index in [0.717, 1.165) is 16.6 Å². The van der Waals surface area contributed by atoms with E-state index < -0.39 is 5.97 Å². The number of carbonyl (C=O) groups is 1. The molecule has 5 nitrogen and oxygen atoms in total. The monoisotopic (exact) mass is 398 g/mol. The summed E-state index contributed by atoms with van der Waals surface area (Å²) in [5.41, 5.74) is 3.27. The molecule has 0 aliphatic carbocycles. The first kappa shape index (κ1) is 17.5. The fourth-order valence-corrected chi connectivity index (χ4v) is 3.90. The normalized spacial score (nSPS) is 15.3. The van der Waals surface area contributed by atoms with E-state index >= 15 is 0 Å². The maximum Gasteiger partial charge on any atom is 0.365 e. The van der Waals surface area contributed by atoms with Gasteiger partial charge in [-0.25, -0.2) is 14.8 Å². The molecule has 29 heavy (non-hydrogen) atoms. The van der Waals surface area contributed by atoms with Gasteiger partial charge in [0.05, 0.1) is 4.91 Å². The van der Waals surface area contributed by atoms with Crippen LogP contribution in [-0.4, -0.2) is 16.9 Å². The third kappa shape index (κ3) is 3.46. The van der Waals surface area contributed by atoms with Gasteiger partial charge in [0.15, 0.2) is 11.3 Å². The van der Waals surface area contributed by atoms with Gasteiger partial charge in [-0.2, -0.15) is 0 Å². The van der Waals surface area contributed by atoms with Gasteiger partial charge in [-0.1, -0.05) is 60.7 Å². The van der Waals surface area contributed by atoms with E-state index in [1.54, 1.807) is 0 Å². The summed E-state index contributed by atoms with van der Waals surface area (Å²) in [5.74, 6) is -0.205. The molecule has 1 aromatic heterocycles. The van der Waals surface area contributed by atoms with Gasteiger partial charge in [-0.05, 0) is 41.6 Å². The average molecular weight is 398 g/mol. The second-order valence-electron chi connectivity index (χ2n) is 6.27. The van der Waals surface area contributed by atoms with Crippen LogP contribution < -0.4 is 0 Å². The highest BCUT2D eigenvalue weighted by molar-refractivity contribution is 8.08. The first-order valence-electron chi connectivity index (χ1n) is 8.97. The molecular formula is C23H14N2O3S. The Labute approximate surface area is 170 Å². The lowest BCUT2D eigenvalue weighted by Gasteiger charge is -2.05. The predicted molar refractivity (Wildman–Crippen MR) is 112 cm³/mol. The summed E-state index contributed by atoms with van der Waals surface area (Å²) in [6, 6.07) is 26.5. The fourth-order valence-electron chi connectivity index (χ4n) is 2.97. The summed E-state index contributed by atoms with van der Waals surface area (Å²) in [6.45, 7) is 0. The number of thioether (sulfide) groups is 1. The minimum Gasteiger partial charge on any atom is -0.431 e. The molecule has 140 valence electrons. The van der Waals surface area contributed by atoms with E-state index in [1.165, 1.54) is 11.8 Å². The molecule has 1 aliphatic rings. The number of esters is 1. The van der Waals surface area contributed by atoms with Crippen LogP contribution in [-0.2, 0) is 9.53 Å². The van der Waals surface area contributed by atoms with Crippen molar-refractivity contribution in [2.24, 2.45) is 4.99 Å². The zero-order valence-electron chi connectivity index (χ0n) is 15.1. The summed E-state index contributed by atoms with van der Waals surface area (Å²) in [7, 11) is 0. The molecule has 0 atom stereocenters. The van der Waals surface area contributed by atoms with E-state index in [1.807, 2.05) is 84.9 Å². The number of ether oxygens (including phenoxy) is 1. The quantitative estimate of drug-likeness (QED) is 0.265. The Hall–Kier alpha value is -3.64. The van der Waals surface area contributed by atoms with Crippen molar-refractivity contribution in [2.75, 3.05) is 0 Å². The summed E-state index contributed by atoms with van der Waals surface area (Å²) in [5, 5.41) is 0.439. The van der Waals surface area contributed by atoms with Crippen LogP contribution >= 0.6 is 11.8 Å². The molecular weight excluding hydrogens is 384 g/mol. The van der Waals surface area contributed by atoms with E-state index in [-0.39, 0.29) is 11.6 Å². The number of fused-ring (bicyclic) bond motifs is 1. The molecule has 0 saturated carbocycles. The predicted octanol–water partition coefficient (Wildman–Crippen LogP) is 5.29. The number of rotatable bonds is 4. The summed E-state index contributed by atoms with van der Waals surface area (Å²) >= 11 is 1.26. The largest absolute Gasteiger partial charge is 0.431 e. The topological polar surface area (TPSA) is 64.7 Å². The van der Waals surface area contributed by atoms with Crippen LogP contribution in [0, 0.1) is 0 Å². The van der Waals surface area contributed by atoms with E-state index in [9.17, 15) is 4.79 Å². The van der Waals surface area contributed by atoms with Gasteiger partial charge in [0.2, 0.25) is 5.90 Å². The van der Waals surface area contributed by atoms with Crippen molar-refractivity contribution in [1.82, 2.24) is 4.98 Å². The number of benzene rings is 3. The summed E-state index contributed by atoms with van der Waals surface area (Å²) < 4.78 is 11.3. The molecule has 4 aromatic rings. The molecule has 0 N–H and O–H groups in total. The molecule has 6 heteroatoms. The Morgan fingerprint density at radius 2 is 1.52 bits per heavy atom. The number of nitrogens with zero attached hydrogens (tertiary/aromatic N) is 2. The third-order valence-corrected chi connectivity index (χ3v) is 5.31. The number of hydrogen-bond acceptors (Lipinski definition) is 6. The van der Waals surface area contributed by atoms with Crippen LogP contribution in [0.5, 0.6) is 0 Å². The lowest BCUT2D eigenvalue weighted by molar-refractivity contribution is -0.129. The number of oxazole rings is 1. The third-order valence-electron chi connectivity index (χ3n) is 4.33. The standard InChI is InChI=1S/C23H14N2O3S/c26-22-19(25-21(28-22)16-11-5-2-6-12-16)20(15-9-3-1-4-10-15)29-23-24-17-13-7-8-14-18(17)27-23/h1-14H/b20-19+. The van der Waals surface area contributed by atoms with Crippen molar-refractivity contribution in [3.63, 3.8) is 0 Å². The van der Waals surface area contributed by atoms with Crippen molar-refractivity contribution in [1.29, 1.82) is 0 Å². The second kappa shape index (κ2) is 7.41. The molecule has 0 amide bonds. The number of carbonyl (C=O) groups excluding carboxylic acids is 1. The van der Waals surface area contributed by atoms with Crippen LogP contribution in [0.15, 0.2) is 105 Å². The highest BCUT2D eigenvalue weighted by Crippen LogP contribution is 2.39.